The normalized spacial score (nSPS) is 31.2. The Kier molecular flexibility index (Phi) is 4.88. The van der Waals surface area contributed by atoms with Gasteiger partial charge >= 0.3 is 0 Å². The minimum Gasteiger partial charge on any atom is -0.338 e. The van der Waals surface area contributed by atoms with Crippen LogP contribution in [-0.4, -0.2) is 65.8 Å². The van der Waals surface area contributed by atoms with Crippen LogP contribution in [0.5, 0.6) is 0 Å². The van der Waals surface area contributed by atoms with Gasteiger partial charge in [-0.1, -0.05) is 0 Å². The van der Waals surface area contributed by atoms with Crippen LogP contribution in [0.15, 0.2) is 0 Å². The molecule has 2 unspecified atom stereocenters. The number of hydrogen-bond donors (Lipinski definition) is 0. The summed E-state index contributed by atoms with van der Waals surface area (Å²) in [6, 6.07) is -0.0972. The third-order valence-electron chi connectivity index (χ3n) is 3.36. The summed E-state index contributed by atoms with van der Waals surface area (Å²) in [5.74, 6) is 3.50. The first-order chi connectivity index (χ1) is 8.53. The molecule has 2 heterocycles. The van der Waals surface area contributed by atoms with E-state index in [2.05, 4.69) is 0 Å². The molecule has 0 N–H and O–H groups in total. The van der Waals surface area contributed by atoms with Gasteiger partial charge in [-0.3, -0.25) is 4.79 Å². The Morgan fingerprint density at radius 3 is 2.67 bits per heavy atom. The zero-order valence-electron chi connectivity index (χ0n) is 10.5. The van der Waals surface area contributed by atoms with Gasteiger partial charge in [0.2, 0.25) is 5.91 Å². The van der Waals surface area contributed by atoms with Crippen molar-refractivity contribution in [3.63, 3.8) is 0 Å². The maximum absolute atomic E-state index is 12.4. The van der Waals surface area contributed by atoms with Crippen molar-refractivity contribution in [1.29, 1.82) is 0 Å². The van der Waals surface area contributed by atoms with Crippen LogP contribution in [0.3, 0.4) is 0 Å². The zero-order chi connectivity index (χ0) is 13.2. The summed E-state index contributed by atoms with van der Waals surface area (Å²) >= 11 is 3.53. The molecule has 2 fully saturated rings. The molecule has 2 aliphatic heterocycles. The lowest BCUT2D eigenvalue weighted by Gasteiger charge is -2.31. The maximum Gasteiger partial charge on any atom is 0.236 e. The third-order valence-corrected chi connectivity index (χ3v) is 7.86. The molecule has 0 aromatic rings. The fraction of sp³-hybridized carbons (Fsp3) is 0.909. The second kappa shape index (κ2) is 6.05. The van der Waals surface area contributed by atoms with Crippen molar-refractivity contribution in [2.24, 2.45) is 0 Å². The monoisotopic (exact) mass is 309 g/mol. The summed E-state index contributed by atoms with van der Waals surface area (Å²) in [6.45, 7) is 2.55. The van der Waals surface area contributed by atoms with Crippen LogP contribution in [-0.2, 0) is 14.6 Å². The topological polar surface area (TPSA) is 54.5 Å². The number of sulfone groups is 1. The van der Waals surface area contributed by atoms with Crippen LogP contribution in [0.25, 0.3) is 0 Å². The molecule has 18 heavy (non-hydrogen) atoms. The number of carbonyl (C=O) groups is 1. The Balaban J connectivity index is 2.01. The summed E-state index contributed by atoms with van der Waals surface area (Å²) < 4.78 is 23.0. The Labute approximate surface area is 117 Å². The van der Waals surface area contributed by atoms with E-state index in [9.17, 15) is 13.2 Å². The highest BCUT2D eigenvalue weighted by atomic mass is 32.2. The second-order valence-electron chi connectivity index (χ2n) is 4.62. The highest BCUT2D eigenvalue weighted by Crippen LogP contribution is 2.27. The Morgan fingerprint density at radius 2 is 2.17 bits per heavy atom. The molecule has 0 aromatic carbocycles. The quantitative estimate of drug-likeness (QED) is 0.774. The van der Waals surface area contributed by atoms with Crippen LogP contribution < -0.4 is 0 Å². The van der Waals surface area contributed by atoms with Crippen molar-refractivity contribution >= 4 is 39.3 Å². The molecule has 104 valence electrons. The van der Waals surface area contributed by atoms with Crippen LogP contribution in [0.1, 0.15) is 13.3 Å². The molecular formula is C11H19NO3S3. The van der Waals surface area contributed by atoms with E-state index in [0.29, 0.717) is 13.0 Å². The predicted octanol–water partition coefficient (Wildman–Crippen LogP) is 0.871. The summed E-state index contributed by atoms with van der Waals surface area (Å²) in [6.07, 6.45) is 0.604. The maximum atomic E-state index is 12.4. The van der Waals surface area contributed by atoms with E-state index < -0.39 is 9.84 Å². The van der Waals surface area contributed by atoms with Gasteiger partial charge in [-0.05, 0) is 13.3 Å². The average molecular weight is 309 g/mol. The predicted molar refractivity (Wildman–Crippen MR) is 78.0 cm³/mol. The Bertz CT molecular complexity index is 404. The smallest absolute Gasteiger partial charge is 0.236 e. The van der Waals surface area contributed by atoms with E-state index in [0.717, 1.165) is 17.3 Å². The number of thioether (sulfide) groups is 2. The van der Waals surface area contributed by atoms with Gasteiger partial charge in [0.1, 0.15) is 0 Å². The number of amides is 1. The Hall–Kier alpha value is 0.120. The molecule has 7 heteroatoms. The fourth-order valence-electron chi connectivity index (χ4n) is 2.43. The first-order valence-corrected chi connectivity index (χ1v) is 10.3. The number of nitrogens with zero attached hydrogens (tertiary/aromatic N) is 1. The highest BCUT2D eigenvalue weighted by molar-refractivity contribution is 8.07. The molecule has 2 aliphatic rings. The van der Waals surface area contributed by atoms with Gasteiger partial charge in [0.25, 0.3) is 0 Å². The van der Waals surface area contributed by atoms with E-state index in [1.54, 1.807) is 16.7 Å². The van der Waals surface area contributed by atoms with Crippen LogP contribution in [0.4, 0.5) is 0 Å². The van der Waals surface area contributed by atoms with Crippen molar-refractivity contribution in [1.82, 2.24) is 4.90 Å². The summed E-state index contributed by atoms with van der Waals surface area (Å²) in [4.78, 5) is 14.2. The number of carbonyl (C=O) groups excluding carboxylic acids is 1. The SMILES string of the molecule is CCN(C(=O)C1CSCCS1)C1CCS(=O)(=O)C1. The first-order valence-electron chi connectivity index (χ1n) is 6.24. The van der Waals surface area contributed by atoms with Gasteiger partial charge in [0, 0.05) is 29.8 Å². The van der Waals surface area contributed by atoms with E-state index in [1.165, 1.54) is 0 Å². The summed E-state index contributed by atoms with van der Waals surface area (Å²) in [5.41, 5.74) is 0. The molecular weight excluding hydrogens is 290 g/mol. The second-order valence-corrected chi connectivity index (χ2v) is 9.30. The standard InChI is InChI=1S/C11H19NO3S3/c1-2-12(9-3-6-18(14,15)8-9)11(13)10-7-16-4-5-17-10/h9-10H,2-8H2,1H3. The molecule has 0 saturated carbocycles. The van der Waals surface area contributed by atoms with Crippen molar-refractivity contribution in [3.8, 4) is 0 Å². The van der Waals surface area contributed by atoms with Crippen molar-refractivity contribution in [3.05, 3.63) is 0 Å². The highest BCUT2D eigenvalue weighted by Gasteiger charge is 2.36. The molecule has 0 radical (unpaired) electrons. The van der Waals surface area contributed by atoms with E-state index in [4.69, 9.17) is 0 Å². The van der Waals surface area contributed by atoms with E-state index in [-0.39, 0.29) is 28.7 Å². The summed E-state index contributed by atoms with van der Waals surface area (Å²) in [7, 11) is -2.92. The molecule has 1 amide bonds. The molecule has 2 atom stereocenters. The molecule has 0 bridgehead atoms. The minimum absolute atomic E-state index is 0.0204. The Morgan fingerprint density at radius 1 is 1.39 bits per heavy atom. The minimum atomic E-state index is -2.92. The average Bonchev–Trinajstić information content (AvgIpc) is 2.71. The van der Waals surface area contributed by atoms with Crippen molar-refractivity contribution < 1.29 is 13.2 Å². The van der Waals surface area contributed by atoms with Crippen LogP contribution in [0, 0.1) is 0 Å². The fourth-order valence-corrected chi connectivity index (χ4v) is 6.78. The third kappa shape index (κ3) is 3.36. The largest absolute Gasteiger partial charge is 0.338 e. The van der Waals surface area contributed by atoms with Gasteiger partial charge in [0.05, 0.1) is 16.8 Å². The van der Waals surface area contributed by atoms with Gasteiger partial charge in [-0.15, -0.1) is 11.8 Å². The molecule has 2 rings (SSSR count). The molecule has 4 nitrogen and oxygen atoms in total. The van der Waals surface area contributed by atoms with Gasteiger partial charge in [0.15, 0.2) is 9.84 Å². The molecule has 0 spiro atoms. The van der Waals surface area contributed by atoms with E-state index >= 15 is 0 Å². The van der Waals surface area contributed by atoms with E-state index in [1.807, 2.05) is 18.7 Å². The van der Waals surface area contributed by atoms with Crippen molar-refractivity contribution in [2.45, 2.75) is 24.6 Å². The lowest BCUT2D eigenvalue weighted by molar-refractivity contribution is -0.131. The first kappa shape index (κ1) is 14.5. The molecule has 0 aromatic heterocycles. The lowest BCUT2D eigenvalue weighted by Crippen LogP contribution is -2.46. The van der Waals surface area contributed by atoms with Crippen LogP contribution >= 0.6 is 23.5 Å². The number of hydrogen-bond acceptors (Lipinski definition) is 5. The van der Waals surface area contributed by atoms with Gasteiger partial charge in [-0.25, -0.2) is 8.42 Å². The van der Waals surface area contributed by atoms with Crippen LogP contribution in [0.2, 0.25) is 0 Å². The van der Waals surface area contributed by atoms with Gasteiger partial charge < -0.3 is 4.90 Å². The summed E-state index contributed by atoms with van der Waals surface area (Å²) in [5, 5.41) is 0.0204. The van der Waals surface area contributed by atoms with Crippen molar-refractivity contribution in [2.75, 3.05) is 35.3 Å². The molecule has 0 aliphatic carbocycles. The number of rotatable bonds is 3. The van der Waals surface area contributed by atoms with Gasteiger partial charge in [-0.2, -0.15) is 11.8 Å². The molecule has 2 saturated heterocycles. The zero-order valence-corrected chi connectivity index (χ0v) is 13.0. The lowest BCUT2D eigenvalue weighted by atomic mass is 10.2.